The molecule has 1 aromatic rings. The molecular weight excluding hydrogens is 204 g/mol. The van der Waals surface area contributed by atoms with Crippen molar-refractivity contribution in [1.29, 1.82) is 0 Å². The summed E-state index contributed by atoms with van der Waals surface area (Å²) in [5.74, 6) is 2.01. The van der Waals surface area contributed by atoms with E-state index in [9.17, 15) is 0 Å². The second-order valence-electron chi connectivity index (χ2n) is 3.65. The Labute approximate surface area is 96.4 Å². The van der Waals surface area contributed by atoms with Gasteiger partial charge in [-0.3, -0.25) is 0 Å². The van der Waals surface area contributed by atoms with Crippen molar-refractivity contribution in [3.63, 3.8) is 0 Å². The van der Waals surface area contributed by atoms with Crippen LogP contribution in [0.1, 0.15) is 26.6 Å². The molecule has 0 spiro atoms. The average Bonchev–Trinajstić information content (AvgIpc) is 2.25. The smallest absolute Gasteiger partial charge is 0.132 e. The van der Waals surface area contributed by atoms with E-state index in [2.05, 4.69) is 15.3 Å². The summed E-state index contributed by atoms with van der Waals surface area (Å²) in [5.41, 5.74) is 5.69. The summed E-state index contributed by atoms with van der Waals surface area (Å²) in [5, 5.41) is 3.24. The first-order valence-corrected chi connectivity index (χ1v) is 5.63. The van der Waals surface area contributed by atoms with Crippen LogP contribution in [0.4, 0.5) is 11.6 Å². The molecule has 1 rings (SSSR count). The molecule has 0 saturated carbocycles. The highest BCUT2D eigenvalue weighted by Gasteiger charge is 2.05. The summed E-state index contributed by atoms with van der Waals surface area (Å²) in [4.78, 5) is 8.46. The Kier molecular flexibility index (Phi) is 4.98. The highest BCUT2D eigenvalue weighted by molar-refractivity contribution is 5.45. The zero-order chi connectivity index (χ0) is 12.0. The van der Waals surface area contributed by atoms with Gasteiger partial charge in [-0.1, -0.05) is 6.92 Å². The van der Waals surface area contributed by atoms with Crippen LogP contribution in [0.5, 0.6) is 0 Å². The second-order valence-corrected chi connectivity index (χ2v) is 3.65. The average molecular weight is 224 g/mol. The highest BCUT2D eigenvalue weighted by atomic mass is 16.5. The van der Waals surface area contributed by atoms with E-state index in [-0.39, 0.29) is 6.04 Å². The Bertz CT molecular complexity index is 330. The van der Waals surface area contributed by atoms with E-state index in [1.165, 1.54) is 0 Å². The van der Waals surface area contributed by atoms with Crippen molar-refractivity contribution in [2.75, 3.05) is 24.3 Å². The van der Waals surface area contributed by atoms with Crippen LogP contribution in [0.3, 0.4) is 0 Å². The number of rotatable bonds is 6. The molecule has 0 aliphatic heterocycles. The Hall–Kier alpha value is -1.36. The summed E-state index contributed by atoms with van der Waals surface area (Å²) < 4.78 is 5.32. The van der Waals surface area contributed by atoms with Gasteiger partial charge < -0.3 is 15.8 Å². The molecule has 3 N–H and O–H groups in total. The number of ether oxygens (including phenoxy) is 1. The van der Waals surface area contributed by atoms with Crippen LogP contribution in [0.15, 0.2) is 6.07 Å². The third-order valence-corrected chi connectivity index (χ3v) is 2.07. The van der Waals surface area contributed by atoms with Gasteiger partial charge in [0.25, 0.3) is 0 Å². The van der Waals surface area contributed by atoms with Gasteiger partial charge in [0.2, 0.25) is 0 Å². The minimum absolute atomic E-state index is 0.207. The number of nitrogens with zero attached hydrogens (tertiary/aromatic N) is 2. The molecule has 0 radical (unpaired) electrons. The molecule has 16 heavy (non-hydrogen) atoms. The first-order valence-electron chi connectivity index (χ1n) is 5.63. The van der Waals surface area contributed by atoms with Crippen LogP contribution in [-0.4, -0.2) is 29.2 Å². The van der Waals surface area contributed by atoms with Crippen molar-refractivity contribution in [1.82, 2.24) is 9.97 Å². The van der Waals surface area contributed by atoms with Crippen LogP contribution < -0.4 is 11.1 Å². The van der Waals surface area contributed by atoms with Crippen LogP contribution in [0.2, 0.25) is 0 Å². The number of nitrogen functional groups attached to an aromatic ring is 1. The lowest BCUT2D eigenvalue weighted by atomic mass is 10.3. The second kappa shape index (κ2) is 6.27. The fraction of sp³-hybridized carbons (Fsp3) is 0.636. The van der Waals surface area contributed by atoms with E-state index in [0.717, 1.165) is 24.7 Å². The molecule has 0 aliphatic carbocycles. The molecule has 0 bridgehead atoms. The molecule has 1 atom stereocenters. The molecule has 0 aliphatic rings. The highest BCUT2D eigenvalue weighted by Crippen LogP contribution is 2.10. The van der Waals surface area contributed by atoms with Crippen LogP contribution >= 0.6 is 0 Å². The molecule has 1 unspecified atom stereocenters. The fourth-order valence-corrected chi connectivity index (χ4v) is 1.34. The van der Waals surface area contributed by atoms with Gasteiger partial charge in [-0.15, -0.1) is 0 Å². The van der Waals surface area contributed by atoms with Gasteiger partial charge in [0, 0.05) is 25.1 Å². The summed E-state index contributed by atoms with van der Waals surface area (Å²) in [6.45, 7) is 7.40. The van der Waals surface area contributed by atoms with Gasteiger partial charge in [-0.05, 0) is 13.8 Å². The van der Waals surface area contributed by atoms with Gasteiger partial charge in [-0.2, -0.15) is 0 Å². The number of nitrogens with one attached hydrogen (secondary N) is 1. The normalized spacial score (nSPS) is 12.4. The third-order valence-electron chi connectivity index (χ3n) is 2.07. The fourth-order valence-electron chi connectivity index (χ4n) is 1.34. The number of hydrogen-bond donors (Lipinski definition) is 2. The Balaban J connectivity index is 2.61. The van der Waals surface area contributed by atoms with E-state index in [1.54, 1.807) is 6.07 Å². The standard InChI is InChI=1S/C11H20N4O/c1-4-10-14-9(12)6-11(15-10)13-8(3)7-16-5-2/h6,8H,4-5,7H2,1-3H3,(H3,12,13,14,15). The lowest BCUT2D eigenvalue weighted by Crippen LogP contribution is -2.22. The number of hydrogen-bond acceptors (Lipinski definition) is 5. The summed E-state index contributed by atoms with van der Waals surface area (Å²) in [6, 6.07) is 1.95. The minimum Gasteiger partial charge on any atom is -0.384 e. The van der Waals surface area contributed by atoms with E-state index in [4.69, 9.17) is 10.5 Å². The summed E-state index contributed by atoms with van der Waals surface area (Å²) in [7, 11) is 0. The Morgan fingerprint density at radius 1 is 1.44 bits per heavy atom. The maximum Gasteiger partial charge on any atom is 0.132 e. The van der Waals surface area contributed by atoms with Gasteiger partial charge in [0.05, 0.1) is 6.61 Å². The number of anilines is 2. The SMILES string of the molecule is CCOCC(C)Nc1cc(N)nc(CC)n1. The maximum atomic E-state index is 5.69. The molecule has 0 saturated heterocycles. The van der Waals surface area contributed by atoms with E-state index in [0.29, 0.717) is 12.4 Å². The molecule has 0 amide bonds. The lowest BCUT2D eigenvalue weighted by molar-refractivity contribution is 0.141. The van der Waals surface area contributed by atoms with Crippen LogP contribution in [-0.2, 0) is 11.2 Å². The van der Waals surface area contributed by atoms with Gasteiger partial charge in [0.15, 0.2) is 0 Å². The molecule has 5 nitrogen and oxygen atoms in total. The predicted molar refractivity (Wildman–Crippen MR) is 65.4 cm³/mol. The molecule has 90 valence electrons. The van der Waals surface area contributed by atoms with Crippen molar-refractivity contribution >= 4 is 11.6 Å². The molecule has 1 heterocycles. The van der Waals surface area contributed by atoms with E-state index in [1.807, 2.05) is 20.8 Å². The summed E-state index contributed by atoms with van der Waals surface area (Å²) in [6.07, 6.45) is 0.777. The number of nitrogens with two attached hydrogens (primary N) is 1. The van der Waals surface area contributed by atoms with Gasteiger partial charge >= 0.3 is 0 Å². The van der Waals surface area contributed by atoms with E-state index >= 15 is 0 Å². The summed E-state index contributed by atoms with van der Waals surface area (Å²) >= 11 is 0. The molecule has 0 aromatic carbocycles. The van der Waals surface area contributed by atoms with Crippen molar-refractivity contribution in [2.24, 2.45) is 0 Å². The van der Waals surface area contributed by atoms with Crippen molar-refractivity contribution in [3.05, 3.63) is 11.9 Å². The van der Waals surface area contributed by atoms with Gasteiger partial charge in [-0.25, -0.2) is 9.97 Å². The molecule has 1 aromatic heterocycles. The Morgan fingerprint density at radius 3 is 2.81 bits per heavy atom. The third kappa shape index (κ3) is 4.02. The van der Waals surface area contributed by atoms with Crippen molar-refractivity contribution in [3.8, 4) is 0 Å². The maximum absolute atomic E-state index is 5.69. The topological polar surface area (TPSA) is 73.1 Å². The zero-order valence-corrected chi connectivity index (χ0v) is 10.2. The zero-order valence-electron chi connectivity index (χ0n) is 10.2. The Morgan fingerprint density at radius 2 is 2.19 bits per heavy atom. The number of aromatic nitrogens is 2. The largest absolute Gasteiger partial charge is 0.384 e. The van der Waals surface area contributed by atoms with Gasteiger partial charge in [0.1, 0.15) is 17.5 Å². The number of aryl methyl sites for hydroxylation is 1. The molecule has 5 heteroatoms. The first kappa shape index (κ1) is 12.7. The quantitative estimate of drug-likeness (QED) is 0.765. The van der Waals surface area contributed by atoms with Crippen LogP contribution in [0, 0.1) is 0 Å². The van der Waals surface area contributed by atoms with Crippen LogP contribution in [0.25, 0.3) is 0 Å². The van der Waals surface area contributed by atoms with Crippen molar-refractivity contribution < 1.29 is 4.74 Å². The monoisotopic (exact) mass is 224 g/mol. The van der Waals surface area contributed by atoms with Crippen molar-refractivity contribution in [2.45, 2.75) is 33.2 Å². The predicted octanol–water partition coefficient (Wildman–Crippen LogP) is 1.46. The molecular formula is C11H20N4O. The van der Waals surface area contributed by atoms with E-state index < -0.39 is 0 Å². The molecule has 0 fully saturated rings. The first-order chi connectivity index (χ1) is 7.65. The minimum atomic E-state index is 0.207. The lowest BCUT2D eigenvalue weighted by Gasteiger charge is -2.14.